The number of aliphatic hydroxyl groups is 2. The third-order valence-corrected chi connectivity index (χ3v) is 7.88. The first-order valence-corrected chi connectivity index (χ1v) is 12.5. The summed E-state index contributed by atoms with van der Waals surface area (Å²) in [5, 5.41) is 43.8. The summed E-state index contributed by atoms with van der Waals surface area (Å²) in [4.78, 5) is 39.5. The van der Waals surface area contributed by atoms with Gasteiger partial charge < -0.3 is 40.4 Å². The molecule has 5 rings (SSSR count). The van der Waals surface area contributed by atoms with Gasteiger partial charge in [0.2, 0.25) is 5.78 Å². The van der Waals surface area contributed by atoms with Crippen molar-refractivity contribution in [1.82, 2.24) is 0 Å². The van der Waals surface area contributed by atoms with Gasteiger partial charge in [0.1, 0.15) is 29.0 Å². The largest absolute Gasteiger partial charge is 0.507 e. The number of aromatic hydroxyl groups is 2. The molecule has 1 fully saturated rings. The number of Topliss-reactive ketones (excluding diaryl/α,β-unsaturated/α-hetero) is 1. The summed E-state index contributed by atoms with van der Waals surface area (Å²) >= 11 is 0. The maximum Gasteiger partial charge on any atom is 0.417 e. The molecular formula is C27H26F3NO10. The van der Waals surface area contributed by atoms with Crippen molar-refractivity contribution >= 4 is 17.3 Å². The third-order valence-electron chi connectivity index (χ3n) is 7.88. The Morgan fingerprint density at radius 2 is 1.78 bits per heavy atom. The molecule has 0 radical (unpaired) electrons. The zero-order chi connectivity index (χ0) is 30.2. The minimum absolute atomic E-state index is 0.0169. The molecule has 0 unspecified atom stereocenters. The van der Waals surface area contributed by atoms with Crippen molar-refractivity contribution in [2.24, 2.45) is 5.73 Å². The van der Waals surface area contributed by atoms with Crippen LogP contribution in [0, 0.1) is 0 Å². The van der Waals surface area contributed by atoms with Crippen LogP contribution in [0.5, 0.6) is 17.2 Å². The lowest BCUT2D eigenvalue weighted by Gasteiger charge is -2.42. The SMILES string of the molecule is COc1cccc2c1C(=O)c1c(O)c3c(c(O)c1C2=O)C[C@@](O)(C(C)=O)C[C@@H]3O[C@H]1C[C@H](N)[C@H](O)[C@@H](C(F)(F)F)O1. The molecule has 1 saturated heterocycles. The van der Waals surface area contributed by atoms with Crippen LogP contribution in [0.25, 0.3) is 0 Å². The summed E-state index contributed by atoms with van der Waals surface area (Å²) in [5.74, 6) is -4.14. The number of phenols is 2. The number of rotatable bonds is 4. The maximum atomic E-state index is 13.6. The highest BCUT2D eigenvalue weighted by Gasteiger charge is 2.54. The second-order valence-electron chi connectivity index (χ2n) is 10.4. The van der Waals surface area contributed by atoms with E-state index >= 15 is 0 Å². The Bertz CT molecular complexity index is 1470. The van der Waals surface area contributed by atoms with E-state index in [0.29, 0.717) is 0 Å². The normalized spacial score (nSPS) is 29.4. The van der Waals surface area contributed by atoms with Crippen molar-refractivity contribution in [1.29, 1.82) is 0 Å². The van der Waals surface area contributed by atoms with E-state index in [4.69, 9.17) is 19.9 Å². The average molecular weight is 581 g/mol. The fourth-order valence-corrected chi connectivity index (χ4v) is 5.73. The number of alkyl halides is 3. The van der Waals surface area contributed by atoms with Crippen molar-refractivity contribution < 1.29 is 62.2 Å². The molecule has 2 aromatic rings. The van der Waals surface area contributed by atoms with Gasteiger partial charge in [0.15, 0.2) is 24.0 Å². The van der Waals surface area contributed by atoms with Crippen LogP contribution < -0.4 is 10.5 Å². The van der Waals surface area contributed by atoms with Crippen LogP contribution in [-0.4, -0.2) is 81.2 Å². The molecule has 41 heavy (non-hydrogen) atoms. The number of hydrogen-bond donors (Lipinski definition) is 5. The number of halogens is 3. The van der Waals surface area contributed by atoms with Gasteiger partial charge in [-0.05, 0) is 13.0 Å². The van der Waals surface area contributed by atoms with Crippen LogP contribution in [-0.2, 0) is 20.7 Å². The number of benzene rings is 2. The summed E-state index contributed by atoms with van der Waals surface area (Å²) < 4.78 is 56.5. The Morgan fingerprint density at radius 3 is 2.39 bits per heavy atom. The Hall–Kier alpha value is -3.56. The highest BCUT2D eigenvalue weighted by atomic mass is 19.4. The van der Waals surface area contributed by atoms with E-state index in [0.717, 1.165) is 6.92 Å². The topological polar surface area (TPSA) is 186 Å². The quantitative estimate of drug-likeness (QED) is 0.282. The molecule has 3 aliphatic rings. The average Bonchev–Trinajstić information content (AvgIpc) is 2.89. The van der Waals surface area contributed by atoms with Crippen molar-refractivity contribution in [3.05, 3.63) is 51.6 Å². The van der Waals surface area contributed by atoms with Crippen molar-refractivity contribution in [3.8, 4) is 17.2 Å². The Morgan fingerprint density at radius 1 is 1.12 bits per heavy atom. The first-order valence-electron chi connectivity index (χ1n) is 12.5. The van der Waals surface area contributed by atoms with Crippen molar-refractivity contribution in [2.75, 3.05) is 7.11 Å². The van der Waals surface area contributed by atoms with Crippen LogP contribution in [0.15, 0.2) is 18.2 Å². The highest BCUT2D eigenvalue weighted by Crippen LogP contribution is 2.52. The minimum atomic E-state index is -5.03. The van der Waals surface area contributed by atoms with E-state index in [9.17, 15) is 48.0 Å². The number of fused-ring (bicyclic) bond motifs is 3. The van der Waals surface area contributed by atoms with E-state index < -0.39 is 102 Å². The predicted octanol–water partition coefficient (Wildman–Crippen LogP) is 1.57. The maximum absolute atomic E-state index is 13.6. The molecular weight excluding hydrogens is 555 g/mol. The van der Waals surface area contributed by atoms with Gasteiger partial charge in [-0.2, -0.15) is 13.2 Å². The summed E-state index contributed by atoms with van der Waals surface area (Å²) in [6, 6.07) is 2.74. The number of methoxy groups -OCH3 is 1. The molecule has 0 aromatic heterocycles. The molecule has 220 valence electrons. The fraction of sp³-hybridized carbons (Fsp3) is 0.444. The summed E-state index contributed by atoms with van der Waals surface area (Å²) in [6.07, 6.45) is -14.9. The number of ketones is 3. The van der Waals surface area contributed by atoms with Gasteiger partial charge in [-0.3, -0.25) is 14.4 Å². The number of phenolic OH excluding ortho intramolecular Hbond substituents is 2. The molecule has 14 heteroatoms. The smallest absolute Gasteiger partial charge is 0.417 e. The second-order valence-corrected chi connectivity index (χ2v) is 10.4. The summed E-state index contributed by atoms with van der Waals surface area (Å²) in [6.45, 7) is 1.04. The number of ether oxygens (including phenoxy) is 3. The highest BCUT2D eigenvalue weighted by molar-refractivity contribution is 6.31. The number of carbonyl (C=O) groups excluding carboxylic acids is 3. The summed E-state index contributed by atoms with van der Waals surface area (Å²) in [7, 11) is 1.26. The van der Waals surface area contributed by atoms with Gasteiger partial charge in [0.25, 0.3) is 0 Å². The fourth-order valence-electron chi connectivity index (χ4n) is 5.73. The first kappa shape index (κ1) is 29.0. The first-order chi connectivity index (χ1) is 19.1. The Kier molecular flexibility index (Phi) is 6.90. The van der Waals surface area contributed by atoms with Crippen LogP contribution in [0.1, 0.15) is 68.8 Å². The standard InChI is InChI=1S/C27H26F3NO10/c1-9(32)26(38)7-11-17(14(8-26)40-15-6-12(31)22(35)25(41-15)27(28,29)30)24(37)19-18(21(11)34)20(33)10-4-3-5-13(39-2)16(10)23(19)36/h3-5,12,14-15,22,25,34-35,37-38H,6-8,31H2,1-2H3/t12-,14-,15+,22-,25-,26-/m0/s1. The van der Waals surface area contributed by atoms with Gasteiger partial charge in [-0.1, -0.05) is 12.1 Å². The van der Waals surface area contributed by atoms with Gasteiger partial charge in [-0.15, -0.1) is 0 Å². The molecule has 0 saturated carbocycles. The van der Waals surface area contributed by atoms with E-state index in [1.165, 1.54) is 25.3 Å². The third kappa shape index (κ3) is 4.46. The minimum Gasteiger partial charge on any atom is -0.507 e. The Labute approximate surface area is 230 Å². The summed E-state index contributed by atoms with van der Waals surface area (Å²) in [5.41, 5.74) is 1.36. The van der Waals surface area contributed by atoms with E-state index in [1.54, 1.807) is 0 Å². The number of carbonyl (C=O) groups is 3. The molecule has 1 aliphatic heterocycles. The number of hydrogen-bond acceptors (Lipinski definition) is 11. The lowest BCUT2D eigenvalue weighted by molar-refractivity contribution is -0.323. The monoisotopic (exact) mass is 581 g/mol. The van der Waals surface area contributed by atoms with Crippen LogP contribution in [0.2, 0.25) is 0 Å². The molecule has 2 aromatic carbocycles. The van der Waals surface area contributed by atoms with E-state index in [1.807, 2.05) is 0 Å². The molecule has 6 atom stereocenters. The van der Waals surface area contributed by atoms with E-state index in [2.05, 4.69) is 0 Å². The van der Waals surface area contributed by atoms with Crippen LogP contribution >= 0.6 is 0 Å². The van der Waals surface area contributed by atoms with Crippen LogP contribution in [0.4, 0.5) is 13.2 Å². The second kappa shape index (κ2) is 9.77. The Balaban J connectivity index is 1.66. The van der Waals surface area contributed by atoms with Gasteiger partial charge in [-0.25, -0.2) is 0 Å². The number of nitrogens with two attached hydrogens (primary N) is 1. The zero-order valence-electron chi connectivity index (χ0n) is 21.7. The van der Waals surface area contributed by atoms with Crippen molar-refractivity contribution in [2.45, 2.75) is 68.6 Å². The molecule has 0 amide bonds. The number of aliphatic hydroxyl groups excluding tert-OH is 1. The predicted molar refractivity (Wildman–Crippen MR) is 131 cm³/mol. The van der Waals surface area contributed by atoms with Gasteiger partial charge in [0.05, 0.1) is 29.9 Å². The van der Waals surface area contributed by atoms with Crippen molar-refractivity contribution in [3.63, 3.8) is 0 Å². The molecule has 2 aliphatic carbocycles. The zero-order valence-corrected chi connectivity index (χ0v) is 21.7. The molecule has 0 spiro atoms. The molecule has 0 bridgehead atoms. The van der Waals surface area contributed by atoms with Crippen LogP contribution in [0.3, 0.4) is 0 Å². The molecule has 6 N–H and O–H groups in total. The molecule has 11 nitrogen and oxygen atoms in total. The van der Waals surface area contributed by atoms with E-state index in [-0.39, 0.29) is 28.0 Å². The lowest BCUT2D eigenvalue weighted by atomic mass is 9.72. The van der Waals surface area contributed by atoms with Gasteiger partial charge in [0, 0.05) is 42.0 Å². The molecule has 1 heterocycles. The van der Waals surface area contributed by atoms with Gasteiger partial charge >= 0.3 is 6.18 Å². The lowest BCUT2D eigenvalue weighted by Crippen LogP contribution is -2.58.